The summed E-state index contributed by atoms with van der Waals surface area (Å²) in [7, 11) is 0. The van der Waals surface area contributed by atoms with Crippen LogP contribution in [0.2, 0.25) is 0 Å². The maximum Gasteiger partial charge on any atom is 0.0780 e. The van der Waals surface area contributed by atoms with Crippen molar-refractivity contribution in [1.82, 2.24) is 10.3 Å². The molecule has 0 saturated heterocycles. The Morgan fingerprint density at radius 1 is 0.810 bits per heavy atom. The van der Waals surface area contributed by atoms with Crippen LogP contribution in [0, 0.1) is 0 Å². The minimum atomic E-state index is -0.0674. The van der Waals surface area contributed by atoms with Gasteiger partial charge in [0.05, 0.1) is 11.6 Å². The summed E-state index contributed by atoms with van der Waals surface area (Å²) in [4.78, 5) is 4.70. The predicted octanol–water partition coefficient (Wildman–Crippen LogP) is 9.65. The molecule has 42 heavy (non-hydrogen) atoms. The first kappa shape index (κ1) is 29.0. The number of pyridine rings is 1. The molecule has 5 rings (SSSR count). The average molecular weight is 613 g/mol. The van der Waals surface area contributed by atoms with Crippen LogP contribution in [0.15, 0.2) is 156 Å². The normalized spacial score (nSPS) is 13.0. The van der Waals surface area contributed by atoms with E-state index < -0.39 is 0 Å². The van der Waals surface area contributed by atoms with E-state index in [0.29, 0.717) is 6.54 Å². The number of aromatic nitrogens is 1. The van der Waals surface area contributed by atoms with E-state index in [4.69, 9.17) is 10.7 Å². The first-order valence-corrected chi connectivity index (χ1v) is 14.8. The highest BCUT2D eigenvalue weighted by Crippen LogP contribution is 2.33. The summed E-state index contributed by atoms with van der Waals surface area (Å²) in [5.74, 6) is 0. The molecule has 0 radical (unpaired) electrons. The fraction of sp³-hybridized carbons (Fsp3) is 0.0789. The van der Waals surface area contributed by atoms with Crippen LogP contribution in [0.5, 0.6) is 0 Å². The van der Waals surface area contributed by atoms with Crippen molar-refractivity contribution in [3.63, 3.8) is 0 Å². The number of hydrogen-bond donors (Lipinski definition) is 2. The minimum absolute atomic E-state index is 0.0674. The van der Waals surface area contributed by atoms with E-state index in [-0.39, 0.29) is 6.04 Å². The fourth-order valence-electron chi connectivity index (χ4n) is 4.93. The van der Waals surface area contributed by atoms with Crippen LogP contribution in [-0.2, 0) is 0 Å². The van der Waals surface area contributed by atoms with Gasteiger partial charge in [0.2, 0.25) is 0 Å². The molecule has 3 N–H and O–H groups in total. The van der Waals surface area contributed by atoms with Gasteiger partial charge >= 0.3 is 0 Å². The monoisotopic (exact) mass is 611 g/mol. The summed E-state index contributed by atoms with van der Waals surface area (Å²) in [6.45, 7) is 2.70. The Balaban J connectivity index is 1.50. The highest BCUT2D eigenvalue weighted by atomic mass is 79.9. The van der Waals surface area contributed by atoms with E-state index in [9.17, 15) is 0 Å². The smallest absolute Gasteiger partial charge is 0.0780 e. The number of halogens is 1. The van der Waals surface area contributed by atoms with Gasteiger partial charge in [-0.05, 0) is 76.9 Å². The summed E-state index contributed by atoms with van der Waals surface area (Å²) in [6.07, 6.45) is 15.9. The topological polar surface area (TPSA) is 50.9 Å². The Morgan fingerprint density at radius 2 is 1.57 bits per heavy atom. The molecule has 4 aromatic carbocycles. The van der Waals surface area contributed by atoms with E-state index in [0.717, 1.165) is 32.1 Å². The maximum atomic E-state index is 5.54. The Labute approximate surface area is 257 Å². The molecular formula is C38H34BrN3. The number of nitrogens with two attached hydrogens (primary N) is 1. The summed E-state index contributed by atoms with van der Waals surface area (Å²) < 4.78 is 1.02. The summed E-state index contributed by atoms with van der Waals surface area (Å²) in [5.41, 5.74) is 14.7. The third kappa shape index (κ3) is 7.41. The van der Waals surface area contributed by atoms with Crippen molar-refractivity contribution in [3.8, 4) is 22.3 Å². The van der Waals surface area contributed by atoms with E-state index >= 15 is 0 Å². The Kier molecular flexibility index (Phi) is 9.94. The number of nitrogens with one attached hydrogen (secondary N) is 1. The number of nitrogens with zero attached hydrogens (tertiary/aromatic N) is 1. The largest absolute Gasteiger partial charge is 0.381 e. The molecule has 3 nitrogen and oxygen atoms in total. The maximum absolute atomic E-state index is 5.54. The summed E-state index contributed by atoms with van der Waals surface area (Å²) >= 11 is 3.79. The van der Waals surface area contributed by atoms with E-state index in [2.05, 4.69) is 125 Å². The van der Waals surface area contributed by atoms with Crippen LogP contribution in [0.4, 0.5) is 0 Å². The molecule has 0 aliphatic rings. The molecule has 0 spiro atoms. The Bertz CT molecular complexity index is 1740. The fourth-order valence-corrected chi connectivity index (χ4v) is 5.44. The Hall–Kier alpha value is -4.51. The van der Waals surface area contributed by atoms with Gasteiger partial charge in [-0.2, -0.15) is 0 Å². The van der Waals surface area contributed by atoms with Gasteiger partial charge in [0, 0.05) is 28.2 Å². The van der Waals surface area contributed by atoms with Crippen molar-refractivity contribution in [1.29, 1.82) is 0 Å². The number of allylic oxidation sites excluding steroid dienone is 5. The highest BCUT2D eigenvalue weighted by Gasteiger charge is 2.13. The Morgan fingerprint density at radius 3 is 2.38 bits per heavy atom. The number of fused-ring (bicyclic) bond motifs is 1. The van der Waals surface area contributed by atoms with Crippen molar-refractivity contribution < 1.29 is 0 Å². The van der Waals surface area contributed by atoms with E-state index in [1.54, 1.807) is 0 Å². The molecule has 0 saturated carbocycles. The van der Waals surface area contributed by atoms with Crippen molar-refractivity contribution in [3.05, 3.63) is 168 Å². The van der Waals surface area contributed by atoms with Gasteiger partial charge in [0.1, 0.15) is 0 Å². The molecule has 208 valence electrons. The van der Waals surface area contributed by atoms with E-state index in [1.807, 2.05) is 54.9 Å². The van der Waals surface area contributed by atoms with Gasteiger partial charge in [-0.1, -0.05) is 125 Å². The third-order valence-electron chi connectivity index (χ3n) is 7.06. The molecule has 0 fully saturated rings. The standard InChI is InChI=1S/C38H34BrN3/c1-28(29-17-19-31(20-18-29)30-12-6-5-7-13-30)24-37(41-22-9-4-2-3-8-21-40)34-25-33(26-35(39)27-34)36-16-10-14-32-15-11-23-42-38(32)36/h2-20,22-27,37,41H,21,40H2,1H3/b4-2-,8-3+,22-9-,28-24+. The van der Waals surface area contributed by atoms with Gasteiger partial charge < -0.3 is 11.1 Å². The lowest BCUT2D eigenvalue weighted by atomic mass is 9.95. The van der Waals surface area contributed by atoms with Crippen molar-refractivity contribution >= 4 is 32.4 Å². The number of para-hydroxylation sites is 1. The van der Waals surface area contributed by atoms with Gasteiger partial charge in [-0.15, -0.1) is 0 Å². The zero-order valence-electron chi connectivity index (χ0n) is 23.6. The van der Waals surface area contributed by atoms with Crippen molar-refractivity contribution in [2.75, 3.05) is 6.54 Å². The van der Waals surface area contributed by atoms with Crippen LogP contribution in [0.3, 0.4) is 0 Å². The molecule has 1 aromatic heterocycles. The lowest BCUT2D eigenvalue weighted by molar-refractivity contribution is 0.756. The molecule has 0 aliphatic heterocycles. The summed E-state index contributed by atoms with van der Waals surface area (Å²) in [6, 6.07) is 36.2. The van der Waals surface area contributed by atoms with Crippen LogP contribution >= 0.6 is 15.9 Å². The molecule has 1 atom stereocenters. The SMILES string of the molecule is C/C(=C\C(N\C=C/C=C\C=C\CN)c1cc(Br)cc(-c2cccc3cccnc23)c1)c1ccc(-c2ccccc2)cc1. The highest BCUT2D eigenvalue weighted by molar-refractivity contribution is 9.10. The second-order valence-electron chi connectivity index (χ2n) is 10.00. The van der Waals surface area contributed by atoms with Crippen LogP contribution < -0.4 is 11.1 Å². The first-order chi connectivity index (χ1) is 20.6. The molecule has 1 heterocycles. The number of benzene rings is 4. The quantitative estimate of drug-likeness (QED) is 0.155. The van der Waals surface area contributed by atoms with Gasteiger partial charge in [-0.25, -0.2) is 0 Å². The molecule has 0 aliphatic carbocycles. The van der Waals surface area contributed by atoms with Gasteiger partial charge in [0.25, 0.3) is 0 Å². The lowest BCUT2D eigenvalue weighted by Gasteiger charge is -2.18. The molecule has 4 heteroatoms. The molecule has 0 amide bonds. The second kappa shape index (κ2) is 14.4. The zero-order valence-corrected chi connectivity index (χ0v) is 25.2. The van der Waals surface area contributed by atoms with Crippen molar-refractivity contribution in [2.24, 2.45) is 5.73 Å². The van der Waals surface area contributed by atoms with Crippen LogP contribution in [0.25, 0.3) is 38.7 Å². The first-order valence-electron chi connectivity index (χ1n) is 14.1. The van der Waals surface area contributed by atoms with Crippen molar-refractivity contribution in [2.45, 2.75) is 13.0 Å². The third-order valence-corrected chi connectivity index (χ3v) is 7.52. The van der Waals surface area contributed by atoms with Gasteiger partial charge in [0.15, 0.2) is 0 Å². The van der Waals surface area contributed by atoms with E-state index in [1.165, 1.54) is 22.3 Å². The number of hydrogen-bond acceptors (Lipinski definition) is 3. The molecular weight excluding hydrogens is 578 g/mol. The number of rotatable bonds is 10. The molecule has 1 unspecified atom stereocenters. The van der Waals surface area contributed by atoms with Gasteiger partial charge in [-0.3, -0.25) is 4.98 Å². The molecule has 5 aromatic rings. The van der Waals surface area contributed by atoms with Crippen LogP contribution in [-0.4, -0.2) is 11.5 Å². The average Bonchev–Trinajstić information content (AvgIpc) is 3.03. The zero-order chi connectivity index (χ0) is 29.1. The minimum Gasteiger partial charge on any atom is -0.381 e. The summed E-state index contributed by atoms with van der Waals surface area (Å²) in [5, 5.41) is 4.74. The predicted molar refractivity (Wildman–Crippen MR) is 183 cm³/mol. The lowest BCUT2D eigenvalue weighted by Crippen LogP contribution is -2.13. The second-order valence-corrected chi connectivity index (χ2v) is 10.9. The molecule has 0 bridgehead atoms. The van der Waals surface area contributed by atoms with Crippen LogP contribution in [0.1, 0.15) is 24.1 Å².